The van der Waals surface area contributed by atoms with Crippen molar-refractivity contribution in [3.8, 4) is 0 Å². The second-order valence-corrected chi connectivity index (χ2v) is 5.72. The van der Waals surface area contributed by atoms with Crippen LogP contribution in [0.5, 0.6) is 0 Å². The number of aromatic carboxylic acids is 1. The first-order valence-corrected chi connectivity index (χ1v) is 6.88. The summed E-state index contributed by atoms with van der Waals surface area (Å²) in [7, 11) is 0. The van der Waals surface area contributed by atoms with E-state index in [0.29, 0.717) is 5.03 Å². The van der Waals surface area contributed by atoms with Crippen molar-refractivity contribution in [2.45, 2.75) is 9.92 Å². The number of hydrogen-bond acceptors (Lipinski definition) is 3. The van der Waals surface area contributed by atoms with Crippen molar-refractivity contribution >= 4 is 45.3 Å². The van der Waals surface area contributed by atoms with Gasteiger partial charge in [-0.3, -0.25) is 0 Å². The fourth-order valence-electron chi connectivity index (χ4n) is 1.30. The lowest BCUT2D eigenvalue weighted by Crippen LogP contribution is -2.00. The van der Waals surface area contributed by atoms with Crippen LogP contribution in [0.2, 0.25) is 5.15 Å². The third kappa shape index (κ3) is 3.25. The number of rotatable bonds is 3. The second kappa shape index (κ2) is 5.73. The summed E-state index contributed by atoms with van der Waals surface area (Å²) >= 11 is 10.4. The van der Waals surface area contributed by atoms with E-state index >= 15 is 0 Å². The lowest BCUT2D eigenvalue weighted by Gasteiger charge is -2.05. The third-order valence-corrected chi connectivity index (χ3v) is 3.77. The molecule has 0 aliphatic carbocycles. The van der Waals surface area contributed by atoms with Crippen molar-refractivity contribution in [3.63, 3.8) is 0 Å². The summed E-state index contributed by atoms with van der Waals surface area (Å²) in [5.74, 6) is -1.02. The Morgan fingerprint density at radius 1 is 1.33 bits per heavy atom. The molecule has 0 amide bonds. The zero-order chi connectivity index (χ0) is 13.1. The Morgan fingerprint density at radius 3 is 2.78 bits per heavy atom. The minimum absolute atomic E-state index is 0.143. The molecule has 0 unspecified atom stereocenters. The van der Waals surface area contributed by atoms with Crippen molar-refractivity contribution in [2.24, 2.45) is 0 Å². The van der Waals surface area contributed by atoms with E-state index in [9.17, 15) is 4.79 Å². The molecule has 2 rings (SSSR count). The molecule has 1 N–H and O–H groups in total. The van der Waals surface area contributed by atoms with Gasteiger partial charge in [0, 0.05) is 9.37 Å². The molecule has 0 radical (unpaired) electrons. The van der Waals surface area contributed by atoms with E-state index in [0.717, 1.165) is 9.37 Å². The van der Waals surface area contributed by atoms with Gasteiger partial charge in [-0.05, 0) is 30.3 Å². The highest BCUT2D eigenvalue weighted by Gasteiger charge is 2.13. The van der Waals surface area contributed by atoms with Crippen LogP contribution in [-0.2, 0) is 0 Å². The van der Waals surface area contributed by atoms with Crippen molar-refractivity contribution in [1.82, 2.24) is 4.98 Å². The molecule has 0 aliphatic rings. The fourth-order valence-corrected chi connectivity index (χ4v) is 3.01. The average Bonchev–Trinajstić information content (AvgIpc) is 2.28. The van der Waals surface area contributed by atoms with Crippen LogP contribution in [0.3, 0.4) is 0 Å². The molecule has 6 heteroatoms. The second-order valence-electron chi connectivity index (χ2n) is 3.35. The Morgan fingerprint density at radius 2 is 2.11 bits per heavy atom. The van der Waals surface area contributed by atoms with Gasteiger partial charge >= 0.3 is 5.97 Å². The predicted octanol–water partition coefficient (Wildman–Crippen LogP) is 4.35. The molecule has 1 aromatic heterocycles. The Balaban J connectivity index is 2.39. The van der Waals surface area contributed by atoms with Gasteiger partial charge in [0.1, 0.15) is 10.2 Å². The Kier molecular flexibility index (Phi) is 4.27. The first-order valence-electron chi connectivity index (χ1n) is 4.89. The molecule has 0 saturated heterocycles. The van der Waals surface area contributed by atoms with Crippen LogP contribution in [-0.4, -0.2) is 16.1 Å². The number of carbonyl (C=O) groups is 1. The van der Waals surface area contributed by atoms with E-state index in [1.807, 2.05) is 24.3 Å². The quantitative estimate of drug-likeness (QED) is 0.841. The molecule has 0 spiro atoms. The van der Waals surface area contributed by atoms with Gasteiger partial charge < -0.3 is 5.11 Å². The summed E-state index contributed by atoms with van der Waals surface area (Å²) in [5.41, 5.74) is 0.143. The number of carboxylic acid groups (broad SMARTS) is 1. The topological polar surface area (TPSA) is 50.2 Å². The maximum atomic E-state index is 11.1. The van der Waals surface area contributed by atoms with Crippen LogP contribution >= 0.6 is 39.3 Å². The van der Waals surface area contributed by atoms with Crippen molar-refractivity contribution in [1.29, 1.82) is 0 Å². The van der Waals surface area contributed by atoms with E-state index < -0.39 is 5.97 Å². The van der Waals surface area contributed by atoms with E-state index in [1.54, 1.807) is 0 Å². The molecule has 0 aliphatic heterocycles. The van der Waals surface area contributed by atoms with Gasteiger partial charge in [0.05, 0.1) is 5.56 Å². The fraction of sp³-hybridized carbons (Fsp3) is 0. The molecule has 0 fully saturated rings. The third-order valence-electron chi connectivity index (χ3n) is 2.07. The van der Waals surface area contributed by atoms with Crippen LogP contribution < -0.4 is 0 Å². The summed E-state index contributed by atoms with van der Waals surface area (Å²) in [6.07, 6.45) is 0. The Bertz CT molecular complexity index is 606. The average molecular weight is 345 g/mol. The van der Waals surface area contributed by atoms with Gasteiger partial charge in [-0.2, -0.15) is 0 Å². The molecule has 92 valence electrons. The minimum Gasteiger partial charge on any atom is -0.478 e. The first kappa shape index (κ1) is 13.4. The van der Waals surface area contributed by atoms with Gasteiger partial charge in [-0.25, -0.2) is 9.78 Å². The molecule has 2 aromatic rings. The Hall–Kier alpha value is -1.04. The Labute approximate surface area is 121 Å². The van der Waals surface area contributed by atoms with Gasteiger partial charge in [0.2, 0.25) is 0 Å². The van der Waals surface area contributed by atoms with E-state index in [1.165, 1.54) is 23.9 Å². The predicted molar refractivity (Wildman–Crippen MR) is 74.5 cm³/mol. The maximum absolute atomic E-state index is 11.1. The molecule has 18 heavy (non-hydrogen) atoms. The monoisotopic (exact) mass is 343 g/mol. The standard InChI is InChI=1S/C12H7BrClNO2S/c13-7-2-1-3-8(6-7)18-11-9(12(16)17)4-5-10(14)15-11/h1-6H,(H,16,17). The van der Waals surface area contributed by atoms with Crippen molar-refractivity contribution < 1.29 is 9.90 Å². The summed E-state index contributed by atoms with van der Waals surface area (Å²) in [6.45, 7) is 0. The lowest BCUT2D eigenvalue weighted by molar-refractivity contribution is 0.0692. The maximum Gasteiger partial charge on any atom is 0.338 e. The summed E-state index contributed by atoms with van der Waals surface area (Å²) < 4.78 is 0.923. The van der Waals surface area contributed by atoms with Gasteiger partial charge in [-0.1, -0.05) is 45.4 Å². The number of benzene rings is 1. The van der Waals surface area contributed by atoms with Crippen LogP contribution in [0.25, 0.3) is 0 Å². The van der Waals surface area contributed by atoms with Crippen molar-refractivity contribution in [2.75, 3.05) is 0 Å². The van der Waals surface area contributed by atoms with E-state index in [4.69, 9.17) is 16.7 Å². The summed E-state index contributed by atoms with van der Waals surface area (Å²) in [4.78, 5) is 16.0. The molecular weight excluding hydrogens is 338 g/mol. The normalized spacial score (nSPS) is 10.3. The molecule has 0 bridgehead atoms. The number of halogens is 2. The zero-order valence-corrected chi connectivity index (χ0v) is 12.1. The number of pyridine rings is 1. The summed E-state index contributed by atoms with van der Waals surface area (Å²) in [5, 5.41) is 9.74. The smallest absolute Gasteiger partial charge is 0.338 e. The highest BCUT2D eigenvalue weighted by atomic mass is 79.9. The number of aromatic nitrogens is 1. The van der Waals surface area contributed by atoms with Gasteiger partial charge in [0.25, 0.3) is 0 Å². The highest BCUT2D eigenvalue weighted by molar-refractivity contribution is 9.10. The molecule has 1 aromatic carbocycles. The minimum atomic E-state index is -1.02. The molecule has 0 saturated carbocycles. The number of nitrogens with zero attached hydrogens (tertiary/aromatic N) is 1. The number of hydrogen-bond donors (Lipinski definition) is 1. The molecule has 3 nitrogen and oxygen atoms in total. The molecular formula is C12H7BrClNO2S. The van der Waals surface area contributed by atoms with Gasteiger partial charge in [-0.15, -0.1) is 0 Å². The summed E-state index contributed by atoms with van der Waals surface area (Å²) in [6, 6.07) is 10.5. The van der Waals surface area contributed by atoms with Crippen LogP contribution in [0.15, 0.2) is 50.8 Å². The van der Waals surface area contributed by atoms with Crippen LogP contribution in [0.1, 0.15) is 10.4 Å². The largest absolute Gasteiger partial charge is 0.478 e. The highest BCUT2D eigenvalue weighted by Crippen LogP contribution is 2.31. The van der Waals surface area contributed by atoms with E-state index in [2.05, 4.69) is 20.9 Å². The van der Waals surface area contributed by atoms with Crippen LogP contribution in [0, 0.1) is 0 Å². The number of carboxylic acids is 1. The molecule has 0 atom stereocenters. The molecule has 1 heterocycles. The zero-order valence-electron chi connectivity index (χ0n) is 8.93. The van der Waals surface area contributed by atoms with Crippen molar-refractivity contribution in [3.05, 3.63) is 51.6 Å². The SMILES string of the molecule is O=C(O)c1ccc(Cl)nc1Sc1cccc(Br)c1. The first-order chi connectivity index (χ1) is 8.56. The van der Waals surface area contributed by atoms with Crippen LogP contribution in [0.4, 0.5) is 0 Å². The lowest BCUT2D eigenvalue weighted by atomic mass is 10.3. The van der Waals surface area contributed by atoms with E-state index in [-0.39, 0.29) is 10.7 Å². The van der Waals surface area contributed by atoms with Gasteiger partial charge in [0.15, 0.2) is 0 Å².